The number of halogens is 2. The van der Waals surface area contributed by atoms with Crippen LogP contribution in [-0.2, 0) is 4.74 Å². The molecule has 50 heavy (non-hydrogen) atoms. The van der Waals surface area contributed by atoms with E-state index < -0.39 is 23.8 Å². The lowest BCUT2D eigenvalue weighted by atomic mass is 10.1. The standard InChI is InChI=1S/C32H38Cl2N8O8/c1-32(2,3)50-31(47)42(27-25(33)21(48-6)15-22(49-7)26(27)34)29(44)39(5)23-16-24(37-17-36-23)41(30(45)46)20-9-8-18(14-19(20)35)28(43)40-12-10-38(4)11-13-40/h8-9,14-17H,10-13,35H2,1-7H3,(H,45,46). The van der Waals surface area contributed by atoms with Gasteiger partial charge in [-0.25, -0.2) is 29.3 Å². The van der Waals surface area contributed by atoms with Crippen molar-refractivity contribution in [1.82, 2.24) is 19.8 Å². The van der Waals surface area contributed by atoms with E-state index >= 15 is 0 Å². The molecule has 3 aromatic rings. The van der Waals surface area contributed by atoms with Crippen molar-refractivity contribution < 1.29 is 38.5 Å². The number of benzene rings is 2. The molecule has 1 aromatic heterocycles. The van der Waals surface area contributed by atoms with E-state index in [0.29, 0.717) is 23.6 Å². The minimum Gasteiger partial charge on any atom is -0.495 e. The van der Waals surface area contributed by atoms with Gasteiger partial charge in [-0.2, -0.15) is 4.90 Å². The van der Waals surface area contributed by atoms with E-state index in [0.717, 1.165) is 29.2 Å². The minimum absolute atomic E-state index is 0.00322. The maximum atomic E-state index is 14.2. The van der Waals surface area contributed by atoms with Gasteiger partial charge in [0, 0.05) is 50.9 Å². The average molecular weight is 734 g/mol. The molecule has 2 aromatic carbocycles. The molecule has 1 aliphatic rings. The molecule has 3 N–H and O–H groups in total. The van der Waals surface area contributed by atoms with Gasteiger partial charge >= 0.3 is 18.2 Å². The van der Waals surface area contributed by atoms with E-state index in [1.54, 1.807) is 25.7 Å². The van der Waals surface area contributed by atoms with Crippen molar-refractivity contribution >= 4 is 76.0 Å². The topological polar surface area (TPSA) is 184 Å². The molecule has 1 aliphatic heterocycles. The number of carbonyl (C=O) groups excluding carboxylic acids is 3. The first-order valence-corrected chi connectivity index (χ1v) is 15.9. The van der Waals surface area contributed by atoms with E-state index in [4.69, 9.17) is 43.1 Å². The molecular weight excluding hydrogens is 695 g/mol. The Morgan fingerprint density at radius 1 is 0.920 bits per heavy atom. The molecule has 5 amide bonds. The molecule has 0 atom stereocenters. The second-order valence-corrected chi connectivity index (χ2v) is 12.9. The number of carboxylic acid groups (broad SMARTS) is 1. The Bertz CT molecular complexity index is 1770. The molecule has 268 valence electrons. The monoisotopic (exact) mass is 732 g/mol. The molecule has 0 unspecified atom stereocenters. The summed E-state index contributed by atoms with van der Waals surface area (Å²) in [5.41, 5.74) is 5.24. The van der Waals surface area contributed by atoms with E-state index in [2.05, 4.69) is 14.9 Å². The number of nitrogens with zero attached hydrogens (tertiary/aromatic N) is 7. The highest BCUT2D eigenvalue weighted by molar-refractivity contribution is 6.43. The number of likely N-dealkylation sites (N-methyl/N-ethyl adjacent to an activating group) is 1. The van der Waals surface area contributed by atoms with Gasteiger partial charge in [0.15, 0.2) is 0 Å². The predicted molar refractivity (Wildman–Crippen MR) is 189 cm³/mol. The van der Waals surface area contributed by atoms with E-state index in [-0.39, 0.29) is 56.1 Å². The lowest BCUT2D eigenvalue weighted by Gasteiger charge is -2.32. The van der Waals surface area contributed by atoms with Crippen molar-refractivity contribution in [2.75, 3.05) is 74.9 Å². The summed E-state index contributed by atoms with van der Waals surface area (Å²) in [5.74, 6) is -0.479. The summed E-state index contributed by atoms with van der Waals surface area (Å²) < 4.78 is 16.2. The zero-order chi connectivity index (χ0) is 37.1. The van der Waals surface area contributed by atoms with Crippen molar-refractivity contribution in [3.8, 4) is 11.5 Å². The molecule has 2 heterocycles. The Morgan fingerprint density at radius 2 is 1.50 bits per heavy atom. The van der Waals surface area contributed by atoms with Gasteiger partial charge in [-0.15, -0.1) is 0 Å². The summed E-state index contributed by atoms with van der Waals surface area (Å²) in [5, 5.41) is 9.86. The van der Waals surface area contributed by atoms with Crippen LogP contribution >= 0.6 is 23.2 Å². The number of ether oxygens (including phenoxy) is 3. The summed E-state index contributed by atoms with van der Waals surface area (Å²) in [7, 11) is 5.91. The van der Waals surface area contributed by atoms with Crippen LogP contribution in [0.2, 0.25) is 10.0 Å². The van der Waals surface area contributed by atoms with Crippen LogP contribution < -0.4 is 29.9 Å². The van der Waals surface area contributed by atoms with Crippen LogP contribution in [0.15, 0.2) is 36.7 Å². The first-order chi connectivity index (χ1) is 23.5. The second kappa shape index (κ2) is 15.2. The number of hydrogen-bond acceptors (Lipinski definition) is 11. The molecule has 16 nitrogen and oxygen atoms in total. The molecule has 0 spiro atoms. The predicted octanol–water partition coefficient (Wildman–Crippen LogP) is 5.58. The van der Waals surface area contributed by atoms with Crippen LogP contribution in [0.4, 0.5) is 43.1 Å². The fourth-order valence-electron chi connectivity index (χ4n) is 4.94. The number of piperazine rings is 1. The zero-order valence-corrected chi connectivity index (χ0v) is 30.1. The highest BCUT2D eigenvalue weighted by atomic mass is 35.5. The van der Waals surface area contributed by atoms with Crippen LogP contribution in [0.25, 0.3) is 0 Å². The maximum Gasteiger partial charge on any atom is 0.423 e. The van der Waals surface area contributed by atoms with Crippen molar-refractivity contribution in [3.63, 3.8) is 0 Å². The lowest BCUT2D eigenvalue weighted by Crippen LogP contribution is -2.47. The second-order valence-electron chi connectivity index (χ2n) is 12.1. The lowest BCUT2D eigenvalue weighted by molar-refractivity contribution is 0.0593. The largest absolute Gasteiger partial charge is 0.495 e. The van der Waals surface area contributed by atoms with Crippen molar-refractivity contribution in [2.24, 2.45) is 0 Å². The Hall–Kier alpha value is -5.06. The Kier molecular flexibility index (Phi) is 11.5. The van der Waals surface area contributed by atoms with Gasteiger partial charge in [0.05, 0.1) is 25.6 Å². The van der Waals surface area contributed by atoms with Crippen LogP contribution in [-0.4, -0.2) is 109 Å². The summed E-state index contributed by atoms with van der Waals surface area (Å²) in [4.78, 5) is 67.9. The molecule has 0 aliphatic carbocycles. The normalized spacial score (nSPS) is 13.3. The highest BCUT2D eigenvalue weighted by Gasteiger charge is 2.37. The number of carbonyl (C=O) groups is 4. The van der Waals surface area contributed by atoms with E-state index in [9.17, 15) is 24.3 Å². The van der Waals surface area contributed by atoms with Crippen LogP contribution in [0.1, 0.15) is 31.1 Å². The number of rotatable bonds is 7. The number of imide groups is 1. The Morgan fingerprint density at radius 3 is 2.02 bits per heavy atom. The number of nitrogen functional groups attached to an aromatic ring is 1. The maximum absolute atomic E-state index is 14.2. The summed E-state index contributed by atoms with van der Waals surface area (Å²) in [6.45, 7) is 7.34. The Balaban J connectivity index is 1.73. The highest BCUT2D eigenvalue weighted by Crippen LogP contribution is 2.47. The third-order valence-corrected chi connectivity index (χ3v) is 8.27. The van der Waals surface area contributed by atoms with Gasteiger partial charge in [-0.05, 0) is 46.0 Å². The quantitative estimate of drug-likeness (QED) is 0.288. The first kappa shape index (κ1) is 37.8. The molecule has 0 saturated carbocycles. The molecule has 18 heteroatoms. The van der Waals surface area contributed by atoms with Gasteiger partial charge in [0.25, 0.3) is 5.91 Å². The summed E-state index contributed by atoms with van der Waals surface area (Å²) in [6.07, 6.45) is -1.59. The van der Waals surface area contributed by atoms with Gasteiger partial charge in [-0.3, -0.25) is 9.69 Å². The number of amides is 5. The van der Waals surface area contributed by atoms with Crippen LogP contribution in [0.3, 0.4) is 0 Å². The summed E-state index contributed by atoms with van der Waals surface area (Å²) >= 11 is 13.2. The fourth-order valence-corrected chi connectivity index (χ4v) is 5.61. The molecule has 0 radical (unpaired) electrons. The molecular formula is C32H38Cl2N8O8. The van der Waals surface area contributed by atoms with Crippen molar-refractivity contribution in [3.05, 3.63) is 52.3 Å². The number of hydrogen-bond donors (Lipinski definition) is 2. The molecule has 4 rings (SSSR count). The smallest absolute Gasteiger partial charge is 0.423 e. The number of nitrogens with two attached hydrogens (primary N) is 1. The Labute approximate surface area is 298 Å². The van der Waals surface area contributed by atoms with Crippen molar-refractivity contribution in [1.29, 1.82) is 0 Å². The average Bonchev–Trinajstić information content (AvgIpc) is 3.06. The third-order valence-electron chi connectivity index (χ3n) is 7.54. The molecule has 1 saturated heterocycles. The van der Waals surface area contributed by atoms with Gasteiger partial charge in [-0.1, -0.05) is 23.2 Å². The van der Waals surface area contributed by atoms with Gasteiger partial charge < -0.3 is 34.9 Å². The van der Waals surface area contributed by atoms with Crippen LogP contribution in [0.5, 0.6) is 11.5 Å². The van der Waals surface area contributed by atoms with Crippen molar-refractivity contribution in [2.45, 2.75) is 26.4 Å². The number of urea groups is 1. The third kappa shape index (κ3) is 8.04. The van der Waals surface area contributed by atoms with Gasteiger partial charge in [0.1, 0.15) is 50.8 Å². The summed E-state index contributed by atoms with van der Waals surface area (Å²) in [6, 6.07) is 5.81. The van der Waals surface area contributed by atoms with E-state index in [1.807, 2.05) is 7.05 Å². The SMILES string of the molecule is COc1cc(OC)c(Cl)c(N(C(=O)OC(C)(C)C)C(=O)N(C)c2cc(N(C(=O)O)c3ccc(C(=O)N4CCN(C)CC4)cc3N)ncn2)c1Cl. The first-order valence-electron chi connectivity index (χ1n) is 15.1. The number of anilines is 5. The van der Waals surface area contributed by atoms with Gasteiger partial charge in [0.2, 0.25) is 0 Å². The number of methoxy groups -OCH3 is 2. The van der Waals surface area contributed by atoms with Crippen LogP contribution in [0, 0.1) is 0 Å². The fraction of sp³-hybridized carbons (Fsp3) is 0.375. The molecule has 1 fully saturated rings. The molecule has 0 bridgehead atoms. The van der Waals surface area contributed by atoms with E-state index in [1.165, 1.54) is 51.6 Å². The number of aromatic nitrogens is 2. The zero-order valence-electron chi connectivity index (χ0n) is 28.6. The minimum atomic E-state index is -1.47.